The van der Waals surface area contributed by atoms with Crippen molar-refractivity contribution in [1.82, 2.24) is 9.80 Å². The highest BCUT2D eigenvalue weighted by Gasteiger charge is 2.40. The molecule has 1 fully saturated rings. The van der Waals surface area contributed by atoms with Crippen LogP contribution < -0.4 is 0 Å². The van der Waals surface area contributed by atoms with Crippen LogP contribution >= 0.6 is 22.6 Å². The van der Waals surface area contributed by atoms with Gasteiger partial charge in [0.2, 0.25) is 0 Å². The van der Waals surface area contributed by atoms with E-state index in [0.717, 1.165) is 25.1 Å². The van der Waals surface area contributed by atoms with Crippen LogP contribution in [-0.2, 0) is 18.7 Å². The fraction of sp³-hybridized carbons (Fsp3) is 0.786. The molecule has 7 nitrogen and oxygen atoms in total. The van der Waals surface area contributed by atoms with Crippen molar-refractivity contribution < 1.29 is 23.5 Å². The Balaban J connectivity index is 2.31. The van der Waals surface area contributed by atoms with Crippen molar-refractivity contribution in [3.63, 3.8) is 0 Å². The molecule has 5 unspecified atom stereocenters. The summed E-state index contributed by atoms with van der Waals surface area (Å²) in [5.74, 6) is -0.204. The van der Waals surface area contributed by atoms with Gasteiger partial charge in [0.1, 0.15) is 12.2 Å². The average Bonchev–Trinajstić information content (AvgIpc) is 2.81. The highest BCUT2D eigenvalue weighted by Crippen LogP contribution is 2.38. The lowest BCUT2D eigenvalue weighted by Crippen LogP contribution is -2.48. The molecule has 2 rings (SSSR count). The lowest BCUT2D eigenvalue weighted by atomic mass is 9.92. The molecule has 0 bridgehead atoms. The van der Waals surface area contributed by atoms with Crippen LogP contribution in [0.5, 0.6) is 0 Å². The average molecular weight is 649 g/mol. The van der Waals surface area contributed by atoms with E-state index in [0.29, 0.717) is 19.5 Å². The van der Waals surface area contributed by atoms with Gasteiger partial charge in [-0.3, -0.25) is 4.79 Å². The van der Waals surface area contributed by atoms with Crippen LogP contribution in [0.25, 0.3) is 0 Å². The van der Waals surface area contributed by atoms with Gasteiger partial charge in [0.25, 0.3) is 0 Å². The normalized spacial score (nSPS) is 29.8. The molecule has 0 aliphatic carbocycles. The molecule has 2 heterocycles. The number of hydrogen-bond acceptors (Lipinski definition) is 6. The standard InChI is InChI=1S/C28H49IN2O5Si/c1-20-10-12-23(36-37(8,9)28(4,5)6)18-25(32)35-26(22(3)19-29)21(2)11-13-24(20)34-27(33)31-16-14-30(7)15-17-31/h11,13,19-21,23-24,26H,10,12,14-18H2,1-9H3/b13-11?,22-19+. The van der Waals surface area contributed by atoms with Gasteiger partial charge < -0.3 is 23.7 Å². The van der Waals surface area contributed by atoms with E-state index < -0.39 is 8.32 Å². The molecular weight excluding hydrogens is 599 g/mol. The fourth-order valence-corrected chi connectivity index (χ4v) is 6.12. The number of halogens is 1. The van der Waals surface area contributed by atoms with E-state index in [1.54, 1.807) is 4.90 Å². The summed E-state index contributed by atoms with van der Waals surface area (Å²) in [6, 6.07) is 0. The van der Waals surface area contributed by atoms with Crippen molar-refractivity contribution in [2.75, 3.05) is 33.2 Å². The number of ether oxygens (including phenoxy) is 2. The Labute approximate surface area is 239 Å². The Kier molecular flexibility index (Phi) is 12.2. The van der Waals surface area contributed by atoms with Crippen molar-refractivity contribution in [1.29, 1.82) is 0 Å². The highest BCUT2D eigenvalue weighted by atomic mass is 127. The maximum absolute atomic E-state index is 13.1. The third kappa shape index (κ3) is 9.65. The number of cyclic esters (lactones) is 1. The van der Waals surface area contributed by atoms with Crippen LogP contribution in [0, 0.1) is 11.8 Å². The van der Waals surface area contributed by atoms with Gasteiger partial charge in [-0.2, -0.15) is 0 Å². The van der Waals surface area contributed by atoms with E-state index in [9.17, 15) is 9.59 Å². The maximum atomic E-state index is 13.1. The predicted octanol–water partition coefficient (Wildman–Crippen LogP) is 6.39. The first-order valence-corrected chi connectivity index (χ1v) is 17.8. The zero-order valence-corrected chi connectivity index (χ0v) is 27.5. The van der Waals surface area contributed by atoms with Crippen LogP contribution in [-0.4, -0.2) is 81.7 Å². The quantitative estimate of drug-likeness (QED) is 0.152. The molecule has 212 valence electrons. The molecular formula is C28H49IN2O5Si. The van der Waals surface area contributed by atoms with Gasteiger partial charge in [-0.15, -0.1) is 0 Å². The summed E-state index contributed by atoms with van der Waals surface area (Å²) in [6.07, 6.45) is 4.53. The Morgan fingerprint density at radius 2 is 1.76 bits per heavy atom. The second-order valence-electron chi connectivity index (χ2n) is 12.4. The van der Waals surface area contributed by atoms with E-state index in [2.05, 4.69) is 75.3 Å². The van der Waals surface area contributed by atoms with Gasteiger partial charge in [0.15, 0.2) is 8.32 Å². The summed E-state index contributed by atoms with van der Waals surface area (Å²) in [4.78, 5) is 30.2. The van der Waals surface area contributed by atoms with Gasteiger partial charge in [-0.1, -0.05) is 63.3 Å². The number of carbonyl (C=O) groups is 2. The van der Waals surface area contributed by atoms with Crippen LogP contribution in [0.3, 0.4) is 0 Å². The number of nitrogens with zero attached hydrogens (tertiary/aromatic N) is 2. The van der Waals surface area contributed by atoms with Gasteiger partial charge in [0.05, 0.1) is 12.5 Å². The van der Waals surface area contributed by atoms with E-state index in [1.165, 1.54) is 0 Å². The van der Waals surface area contributed by atoms with Gasteiger partial charge in [0, 0.05) is 32.1 Å². The molecule has 1 amide bonds. The fourth-order valence-electron chi connectivity index (χ4n) is 4.37. The van der Waals surface area contributed by atoms with E-state index in [1.807, 2.05) is 30.1 Å². The summed E-state index contributed by atoms with van der Waals surface area (Å²) in [7, 11) is -0.0264. The van der Waals surface area contributed by atoms with Crippen molar-refractivity contribution in [2.45, 2.75) is 97.2 Å². The van der Waals surface area contributed by atoms with Crippen molar-refractivity contribution in [3.8, 4) is 0 Å². The summed E-state index contributed by atoms with van der Waals surface area (Å²) in [5.41, 5.74) is 0.990. The number of carbonyl (C=O) groups excluding carboxylic acids is 2. The minimum atomic E-state index is -2.10. The second-order valence-corrected chi connectivity index (χ2v) is 17.8. The first kappa shape index (κ1) is 32.3. The van der Waals surface area contributed by atoms with Crippen molar-refractivity contribution >= 4 is 43.0 Å². The smallest absolute Gasteiger partial charge is 0.410 e. The number of piperazine rings is 1. The Bertz CT molecular complexity index is 833. The van der Waals surface area contributed by atoms with Crippen molar-refractivity contribution in [3.05, 3.63) is 21.8 Å². The minimum absolute atomic E-state index is 0.0348. The van der Waals surface area contributed by atoms with Crippen LogP contribution in [0.1, 0.15) is 60.8 Å². The first-order chi connectivity index (χ1) is 17.1. The number of amides is 1. The Hall–Kier alpha value is -0.913. The third-order valence-electron chi connectivity index (χ3n) is 8.13. The van der Waals surface area contributed by atoms with Crippen LogP contribution in [0.15, 0.2) is 21.8 Å². The summed E-state index contributed by atoms with van der Waals surface area (Å²) < 4.78 is 20.8. The molecule has 37 heavy (non-hydrogen) atoms. The maximum Gasteiger partial charge on any atom is 0.410 e. The third-order valence-corrected chi connectivity index (χ3v) is 13.6. The summed E-state index contributed by atoms with van der Waals surface area (Å²) >= 11 is 2.19. The first-order valence-electron chi connectivity index (χ1n) is 13.6. The number of esters is 1. The Morgan fingerprint density at radius 3 is 2.32 bits per heavy atom. The molecule has 1 saturated heterocycles. The Morgan fingerprint density at radius 1 is 1.14 bits per heavy atom. The molecule has 0 spiro atoms. The van der Waals surface area contributed by atoms with E-state index in [-0.39, 0.29) is 53.7 Å². The molecule has 2 aliphatic rings. The molecule has 2 aliphatic heterocycles. The molecule has 0 aromatic rings. The van der Waals surface area contributed by atoms with Crippen LogP contribution in [0.4, 0.5) is 4.79 Å². The summed E-state index contributed by atoms with van der Waals surface area (Å²) in [5, 5.41) is 0.0348. The molecule has 0 saturated carbocycles. The zero-order valence-electron chi connectivity index (χ0n) is 24.4. The second kappa shape index (κ2) is 13.9. The molecule has 0 aromatic heterocycles. The van der Waals surface area contributed by atoms with Gasteiger partial charge in [-0.25, -0.2) is 4.79 Å². The lowest BCUT2D eigenvalue weighted by molar-refractivity contribution is -0.150. The zero-order chi connectivity index (χ0) is 28.0. The van der Waals surface area contributed by atoms with E-state index in [4.69, 9.17) is 13.9 Å². The highest BCUT2D eigenvalue weighted by molar-refractivity contribution is 14.1. The molecule has 0 aromatic carbocycles. The topological polar surface area (TPSA) is 68.3 Å². The van der Waals surface area contributed by atoms with E-state index >= 15 is 0 Å². The number of likely N-dealkylation sites (N-methyl/N-ethyl adjacent to an activating group) is 1. The number of rotatable bonds is 4. The molecule has 0 N–H and O–H groups in total. The monoisotopic (exact) mass is 648 g/mol. The molecule has 9 heteroatoms. The molecule has 5 atom stereocenters. The van der Waals surface area contributed by atoms with Gasteiger partial charge >= 0.3 is 12.1 Å². The van der Waals surface area contributed by atoms with Crippen LogP contribution in [0.2, 0.25) is 18.1 Å². The lowest BCUT2D eigenvalue weighted by Gasteiger charge is -2.39. The largest absolute Gasteiger partial charge is 0.457 e. The van der Waals surface area contributed by atoms with Crippen molar-refractivity contribution in [2.24, 2.45) is 11.8 Å². The summed E-state index contributed by atoms with van der Waals surface area (Å²) in [6.45, 7) is 20.3. The predicted molar refractivity (Wildman–Crippen MR) is 160 cm³/mol. The minimum Gasteiger partial charge on any atom is -0.457 e. The number of hydrogen-bond donors (Lipinski definition) is 0. The van der Waals surface area contributed by atoms with Gasteiger partial charge in [-0.05, 0) is 66.6 Å². The SMILES string of the molecule is C/C(=C\I)C1OC(=O)CC(O[Si](C)(C)C(C)(C)C)CCC(C)C(OC(=O)N2CCN(C)CC2)C=CC1C. The molecule has 0 radical (unpaired) electrons.